The summed E-state index contributed by atoms with van der Waals surface area (Å²) < 4.78 is 0. The summed E-state index contributed by atoms with van der Waals surface area (Å²) in [5.41, 5.74) is 7.39. The number of halogens is 1. The fourth-order valence-electron chi connectivity index (χ4n) is 1.99. The standard InChI is InChI=1S/C16H14ClN3O/c17-14-7-6-11(9-18)8-15(14)20-16(21)13(10-19)12-4-2-1-3-5-12/h1-8,13H,10,19H2,(H,20,21). The Kier molecular flexibility index (Phi) is 4.94. The molecule has 106 valence electrons. The summed E-state index contributed by atoms with van der Waals surface area (Å²) in [5.74, 6) is -0.714. The lowest BCUT2D eigenvalue weighted by Crippen LogP contribution is -2.27. The molecule has 0 spiro atoms. The average molecular weight is 300 g/mol. The van der Waals surface area contributed by atoms with Crippen molar-refractivity contribution >= 4 is 23.2 Å². The molecular formula is C16H14ClN3O. The summed E-state index contributed by atoms with van der Waals surface area (Å²) in [5, 5.41) is 12.0. The quantitative estimate of drug-likeness (QED) is 0.911. The molecule has 0 radical (unpaired) electrons. The number of nitrogens with zero attached hydrogens (tertiary/aromatic N) is 1. The Labute approximate surface area is 128 Å². The number of carbonyl (C=O) groups excluding carboxylic acids is 1. The van der Waals surface area contributed by atoms with Gasteiger partial charge < -0.3 is 11.1 Å². The lowest BCUT2D eigenvalue weighted by molar-refractivity contribution is -0.117. The van der Waals surface area contributed by atoms with Gasteiger partial charge in [0.15, 0.2) is 0 Å². The largest absolute Gasteiger partial charge is 0.329 e. The maximum absolute atomic E-state index is 12.4. The average Bonchev–Trinajstić information content (AvgIpc) is 2.51. The topological polar surface area (TPSA) is 78.9 Å². The molecule has 3 N–H and O–H groups in total. The summed E-state index contributed by atoms with van der Waals surface area (Å²) in [6.07, 6.45) is 0. The molecule has 1 amide bonds. The van der Waals surface area contributed by atoms with E-state index in [2.05, 4.69) is 5.32 Å². The molecule has 2 aromatic carbocycles. The summed E-state index contributed by atoms with van der Waals surface area (Å²) >= 11 is 6.04. The molecule has 0 aliphatic rings. The first-order valence-electron chi connectivity index (χ1n) is 6.41. The van der Waals surface area contributed by atoms with Gasteiger partial charge in [-0.1, -0.05) is 41.9 Å². The van der Waals surface area contributed by atoms with E-state index in [9.17, 15) is 4.79 Å². The van der Waals surface area contributed by atoms with Gasteiger partial charge in [-0.3, -0.25) is 4.79 Å². The minimum Gasteiger partial charge on any atom is -0.329 e. The van der Waals surface area contributed by atoms with Gasteiger partial charge in [-0.2, -0.15) is 5.26 Å². The summed E-state index contributed by atoms with van der Waals surface area (Å²) in [7, 11) is 0. The number of hydrogen-bond acceptors (Lipinski definition) is 3. The van der Waals surface area contributed by atoms with Crippen LogP contribution >= 0.6 is 11.6 Å². The van der Waals surface area contributed by atoms with E-state index in [0.29, 0.717) is 16.3 Å². The number of anilines is 1. The highest BCUT2D eigenvalue weighted by molar-refractivity contribution is 6.33. The number of rotatable bonds is 4. The van der Waals surface area contributed by atoms with Crippen molar-refractivity contribution in [1.82, 2.24) is 0 Å². The van der Waals surface area contributed by atoms with E-state index in [1.807, 2.05) is 36.4 Å². The minimum absolute atomic E-state index is 0.186. The minimum atomic E-state index is -0.465. The van der Waals surface area contributed by atoms with Gasteiger partial charge in [0, 0.05) is 6.54 Å². The summed E-state index contributed by atoms with van der Waals surface area (Å²) in [6, 6.07) is 16.0. The molecule has 0 fully saturated rings. The fraction of sp³-hybridized carbons (Fsp3) is 0.125. The van der Waals surface area contributed by atoms with Crippen LogP contribution in [-0.2, 0) is 4.79 Å². The van der Waals surface area contributed by atoms with E-state index in [1.165, 1.54) is 0 Å². The first-order valence-corrected chi connectivity index (χ1v) is 6.79. The molecule has 1 unspecified atom stereocenters. The van der Waals surface area contributed by atoms with Gasteiger partial charge in [-0.05, 0) is 23.8 Å². The van der Waals surface area contributed by atoms with Crippen LogP contribution in [0.15, 0.2) is 48.5 Å². The Morgan fingerprint density at radius 3 is 2.62 bits per heavy atom. The number of nitrogens with one attached hydrogen (secondary N) is 1. The van der Waals surface area contributed by atoms with Crippen LogP contribution in [0.5, 0.6) is 0 Å². The molecule has 0 saturated carbocycles. The van der Waals surface area contributed by atoms with Crippen LogP contribution in [-0.4, -0.2) is 12.5 Å². The highest BCUT2D eigenvalue weighted by Crippen LogP contribution is 2.25. The van der Waals surface area contributed by atoms with Gasteiger partial charge in [0.1, 0.15) is 0 Å². The van der Waals surface area contributed by atoms with Crippen molar-refractivity contribution in [2.45, 2.75) is 5.92 Å². The van der Waals surface area contributed by atoms with Crippen LogP contribution < -0.4 is 11.1 Å². The number of nitrogens with two attached hydrogens (primary N) is 1. The Balaban J connectivity index is 2.23. The maximum atomic E-state index is 12.4. The second-order valence-corrected chi connectivity index (χ2v) is 4.90. The zero-order valence-electron chi connectivity index (χ0n) is 11.2. The van der Waals surface area contributed by atoms with Gasteiger partial charge in [-0.25, -0.2) is 0 Å². The monoisotopic (exact) mass is 299 g/mol. The van der Waals surface area contributed by atoms with Gasteiger partial charge >= 0.3 is 0 Å². The maximum Gasteiger partial charge on any atom is 0.233 e. The molecule has 1 atom stereocenters. The van der Waals surface area contributed by atoms with Crippen LogP contribution in [0, 0.1) is 11.3 Å². The molecule has 2 rings (SSSR count). The van der Waals surface area contributed by atoms with Crippen LogP contribution in [0.2, 0.25) is 5.02 Å². The number of nitriles is 1. The van der Waals surface area contributed by atoms with Crippen LogP contribution in [0.4, 0.5) is 5.69 Å². The highest BCUT2D eigenvalue weighted by atomic mass is 35.5. The third-order valence-corrected chi connectivity index (χ3v) is 3.44. The van der Waals surface area contributed by atoms with Crippen molar-refractivity contribution in [3.63, 3.8) is 0 Å². The number of carbonyl (C=O) groups is 1. The molecule has 21 heavy (non-hydrogen) atoms. The normalized spacial score (nSPS) is 11.5. The number of amides is 1. The number of benzene rings is 2. The van der Waals surface area contributed by atoms with Gasteiger partial charge in [0.05, 0.1) is 28.3 Å². The Bertz CT molecular complexity index is 680. The molecule has 4 nitrogen and oxygen atoms in total. The van der Waals surface area contributed by atoms with Crippen molar-refractivity contribution in [2.24, 2.45) is 5.73 Å². The van der Waals surface area contributed by atoms with E-state index in [0.717, 1.165) is 5.56 Å². The first-order chi connectivity index (χ1) is 10.2. The van der Waals surface area contributed by atoms with Gasteiger partial charge in [0.25, 0.3) is 0 Å². The smallest absolute Gasteiger partial charge is 0.233 e. The van der Waals surface area contributed by atoms with E-state index in [-0.39, 0.29) is 12.5 Å². The molecule has 0 heterocycles. The predicted octanol–water partition coefficient (Wildman–Crippen LogP) is 2.89. The Hall–Kier alpha value is -2.35. The van der Waals surface area contributed by atoms with E-state index < -0.39 is 5.92 Å². The molecule has 0 aliphatic carbocycles. The second-order valence-electron chi connectivity index (χ2n) is 4.49. The number of hydrogen-bond donors (Lipinski definition) is 2. The summed E-state index contributed by atoms with van der Waals surface area (Å²) in [6.45, 7) is 0.186. The van der Waals surface area contributed by atoms with E-state index >= 15 is 0 Å². The zero-order valence-corrected chi connectivity index (χ0v) is 12.0. The van der Waals surface area contributed by atoms with Crippen LogP contribution in [0.1, 0.15) is 17.0 Å². The fourth-order valence-corrected chi connectivity index (χ4v) is 2.16. The van der Waals surface area contributed by atoms with Crippen molar-refractivity contribution in [1.29, 1.82) is 5.26 Å². The van der Waals surface area contributed by atoms with Crippen molar-refractivity contribution in [3.05, 3.63) is 64.7 Å². The molecular weight excluding hydrogens is 286 g/mol. The van der Waals surface area contributed by atoms with E-state index in [4.69, 9.17) is 22.6 Å². The molecule has 0 aliphatic heterocycles. The molecule has 0 aromatic heterocycles. The third kappa shape index (κ3) is 3.60. The zero-order chi connectivity index (χ0) is 15.2. The Morgan fingerprint density at radius 2 is 2.00 bits per heavy atom. The van der Waals surface area contributed by atoms with Crippen LogP contribution in [0.3, 0.4) is 0 Å². The van der Waals surface area contributed by atoms with Gasteiger partial charge in [-0.15, -0.1) is 0 Å². The molecule has 0 bridgehead atoms. The van der Waals surface area contributed by atoms with Crippen molar-refractivity contribution in [2.75, 3.05) is 11.9 Å². The summed E-state index contributed by atoms with van der Waals surface area (Å²) in [4.78, 5) is 12.4. The predicted molar refractivity (Wildman–Crippen MR) is 83.0 cm³/mol. The SMILES string of the molecule is N#Cc1ccc(Cl)c(NC(=O)C(CN)c2ccccc2)c1. The molecule has 0 saturated heterocycles. The first kappa shape index (κ1) is 15.0. The molecule has 5 heteroatoms. The molecule has 2 aromatic rings. The highest BCUT2D eigenvalue weighted by Gasteiger charge is 2.19. The van der Waals surface area contributed by atoms with Gasteiger partial charge in [0.2, 0.25) is 5.91 Å². The second kappa shape index (κ2) is 6.89. The third-order valence-electron chi connectivity index (χ3n) is 3.11. The lowest BCUT2D eigenvalue weighted by Gasteiger charge is -2.16. The van der Waals surface area contributed by atoms with Crippen molar-refractivity contribution in [3.8, 4) is 6.07 Å². The van der Waals surface area contributed by atoms with Crippen molar-refractivity contribution < 1.29 is 4.79 Å². The lowest BCUT2D eigenvalue weighted by atomic mass is 9.98. The Morgan fingerprint density at radius 1 is 1.29 bits per heavy atom. The van der Waals surface area contributed by atoms with E-state index in [1.54, 1.807) is 18.2 Å². The van der Waals surface area contributed by atoms with Crippen LogP contribution in [0.25, 0.3) is 0 Å².